The lowest BCUT2D eigenvalue weighted by Gasteiger charge is -2.22. The van der Waals surface area contributed by atoms with E-state index in [4.69, 9.17) is 9.26 Å². The van der Waals surface area contributed by atoms with Crippen LogP contribution in [-0.2, 0) is 35.3 Å². The van der Waals surface area contributed by atoms with Crippen LogP contribution in [0.4, 0.5) is 13.2 Å². The van der Waals surface area contributed by atoms with Crippen molar-refractivity contribution in [1.29, 1.82) is 0 Å². The van der Waals surface area contributed by atoms with Gasteiger partial charge < -0.3 is 14.2 Å². The summed E-state index contributed by atoms with van der Waals surface area (Å²) >= 11 is 0. The fourth-order valence-corrected chi connectivity index (χ4v) is 3.53. The summed E-state index contributed by atoms with van der Waals surface area (Å²) in [5.41, 5.74) is 1.59. The van der Waals surface area contributed by atoms with E-state index in [1.165, 1.54) is 12.1 Å². The van der Waals surface area contributed by atoms with E-state index >= 15 is 0 Å². The van der Waals surface area contributed by atoms with E-state index in [2.05, 4.69) is 10.1 Å². The average molecular weight is 496 g/mol. The smallest absolute Gasteiger partial charge is 0.367 e. The van der Waals surface area contributed by atoms with Gasteiger partial charge in [0.25, 0.3) is 0 Å². The highest BCUT2D eigenvalue weighted by atomic mass is 19.4. The Hall–Kier alpha value is -3.98. The van der Waals surface area contributed by atoms with Crippen LogP contribution >= 0.6 is 0 Å². The third-order valence-corrected chi connectivity index (χ3v) is 5.44. The second kappa shape index (κ2) is 11.6. The Balaban J connectivity index is 1.38. The third-order valence-electron chi connectivity index (χ3n) is 5.44. The number of nitrogens with zero attached hydrogens (tertiary/aromatic N) is 3. The topological polar surface area (TPSA) is 68.5 Å². The van der Waals surface area contributed by atoms with Crippen molar-refractivity contribution in [3.8, 4) is 11.4 Å². The standard InChI is InChI=1S/C27H24F3N3O3/c28-27(29,30)23-13-11-22(12-14-23)26-31-24(36-32-26)15-16-33(17-20-7-3-1-4-8-20)25(34)19-35-18-21-9-5-2-6-10-21/h1-14H,15-19H2. The van der Waals surface area contributed by atoms with Crippen molar-refractivity contribution in [2.24, 2.45) is 0 Å². The molecule has 4 rings (SSSR count). The Labute approximate surface area is 206 Å². The lowest BCUT2D eigenvalue weighted by Crippen LogP contribution is -2.35. The Morgan fingerprint density at radius 3 is 2.17 bits per heavy atom. The van der Waals surface area contributed by atoms with Crippen molar-refractivity contribution in [3.63, 3.8) is 0 Å². The van der Waals surface area contributed by atoms with Crippen LogP contribution in [0.2, 0.25) is 0 Å². The normalized spacial score (nSPS) is 11.4. The SMILES string of the molecule is O=C(COCc1ccccc1)N(CCc1nc(-c2ccc(C(F)(F)F)cc2)no1)Cc1ccccc1. The van der Waals surface area contributed by atoms with Crippen LogP contribution in [0.15, 0.2) is 89.5 Å². The fraction of sp³-hybridized carbons (Fsp3) is 0.222. The molecule has 9 heteroatoms. The van der Waals surface area contributed by atoms with Gasteiger partial charge in [0.1, 0.15) is 6.61 Å². The van der Waals surface area contributed by atoms with Gasteiger partial charge in [-0.15, -0.1) is 0 Å². The Bertz CT molecular complexity index is 1240. The van der Waals surface area contributed by atoms with Crippen molar-refractivity contribution in [3.05, 3.63) is 108 Å². The largest absolute Gasteiger partial charge is 0.416 e. The molecule has 1 amide bonds. The van der Waals surface area contributed by atoms with Crippen molar-refractivity contribution < 1.29 is 27.2 Å². The van der Waals surface area contributed by atoms with E-state index in [9.17, 15) is 18.0 Å². The van der Waals surface area contributed by atoms with Gasteiger partial charge >= 0.3 is 6.18 Å². The van der Waals surface area contributed by atoms with Crippen LogP contribution in [0.25, 0.3) is 11.4 Å². The molecule has 1 heterocycles. The van der Waals surface area contributed by atoms with Crippen LogP contribution in [0, 0.1) is 0 Å². The minimum absolute atomic E-state index is 0.0810. The number of alkyl halides is 3. The number of rotatable bonds is 10. The molecule has 0 fully saturated rings. The lowest BCUT2D eigenvalue weighted by molar-refractivity contribution is -0.138. The minimum Gasteiger partial charge on any atom is -0.367 e. The van der Waals surface area contributed by atoms with Crippen LogP contribution in [-0.4, -0.2) is 34.1 Å². The molecule has 0 saturated heterocycles. The zero-order valence-corrected chi connectivity index (χ0v) is 19.3. The monoisotopic (exact) mass is 495 g/mol. The van der Waals surface area contributed by atoms with Crippen molar-refractivity contribution in [2.45, 2.75) is 25.7 Å². The van der Waals surface area contributed by atoms with Gasteiger partial charge in [0.2, 0.25) is 17.6 Å². The Morgan fingerprint density at radius 1 is 0.889 bits per heavy atom. The number of ether oxygens (including phenoxy) is 1. The van der Waals surface area contributed by atoms with Crippen LogP contribution in [0.5, 0.6) is 0 Å². The van der Waals surface area contributed by atoms with Gasteiger partial charge in [-0.05, 0) is 23.3 Å². The first-order valence-corrected chi connectivity index (χ1v) is 11.3. The Kier molecular flexibility index (Phi) is 8.12. The maximum atomic E-state index is 12.9. The summed E-state index contributed by atoms with van der Waals surface area (Å²) in [5, 5.41) is 3.87. The number of carbonyl (C=O) groups excluding carboxylic acids is 1. The Morgan fingerprint density at radius 2 is 1.53 bits per heavy atom. The van der Waals surface area contributed by atoms with E-state index in [1.807, 2.05) is 60.7 Å². The zero-order valence-electron chi connectivity index (χ0n) is 19.3. The van der Waals surface area contributed by atoms with Crippen LogP contribution < -0.4 is 0 Å². The highest BCUT2D eigenvalue weighted by Crippen LogP contribution is 2.30. The number of aromatic nitrogens is 2. The number of halogens is 3. The summed E-state index contributed by atoms with van der Waals surface area (Å²) in [6.45, 7) is 0.930. The molecule has 0 bridgehead atoms. The van der Waals surface area contributed by atoms with Crippen LogP contribution in [0.3, 0.4) is 0 Å². The first-order valence-electron chi connectivity index (χ1n) is 11.3. The molecule has 0 atom stereocenters. The lowest BCUT2D eigenvalue weighted by atomic mass is 10.1. The highest BCUT2D eigenvalue weighted by molar-refractivity contribution is 5.77. The molecule has 0 N–H and O–H groups in total. The van der Waals surface area contributed by atoms with Crippen LogP contribution in [0.1, 0.15) is 22.6 Å². The molecule has 0 saturated carbocycles. The molecule has 3 aromatic carbocycles. The molecule has 0 aliphatic rings. The quantitative estimate of drug-likeness (QED) is 0.289. The van der Waals surface area contributed by atoms with Gasteiger partial charge in [0, 0.05) is 25.1 Å². The van der Waals surface area contributed by atoms with Gasteiger partial charge in [0.05, 0.1) is 12.2 Å². The molecule has 0 radical (unpaired) electrons. The van der Waals surface area contributed by atoms with Crippen molar-refractivity contribution in [1.82, 2.24) is 15.0 Å². The average Bonchev–Trinajstić information content (AvgIpc) is 3.36. The maximum absolute atomic E-state index is 12.9. The van der Waals surface area contributed by atoms with Gasteiger partial charge in [-0.3, -0.25) is 4.79 Å². The molecule has 6 nitrogen and oxygen atoms in total. The summed E-state index contributed by atoms with van der Waals surface area (Å²) in [6.07, 6.45) is -4.13. The second-order valence-corrected chi connectivity index (χ2v) is 8.12. The third kappa shape index (κ3) is 7.02. The maximum Gasteiger partial charge on any atom is 0.416 e. The molecule has 0 aliphatic carbocycles. The molecule has 0 unspecified atom stereocenters. The fourth-order valence-electron chi connectivity index (χ4n) is 3.53. The van der Waals surface area contributed by atoms with Crippen molar-refractivity contribution >= 4 is 5.91 Å². The van der Waals surface area contributed by atoms with Crippen molar-refractivity contribution in [2.75, 3.05) is 13.2 Å². The van der Waals surface area contributed by atoms with E-state index in [-0.39, 0.29) is 30.7 Å². The molecule has 0 aliphatic heterocycles. The minimum atomic E-state index is -4.42. The molecule has 0 spiro atoms. The van der Waals surface area contributed by atoms with E-state index in [1.54, 1.807) is 4.90 Å². The van der Waals surface area contributed by atoms with Gasteiger partial charge in [0.15, 0.2) is 0 Å². The highest BCUT2D eigenvalue weighted by Gasteiger charge is 2.30. The molecular formula is C27H24F3N3O3. The second-order valence-electron chi connectivity index (χ2n) is 8.12. The number of amides is 1. The number of hydrogen-bond acceptors (Lipinski definition) is 5. The zero-order chi connectivity index (χ0) is 25.4. The summed E-state index contributed by atoms with van der Waals surface area (Å²) in [5.74, 6) is 0.282. The summed E-state index contributed by atoms with van der Waals surface area (Å²) in [7, 11) is 0. The molecule has 1 aromatic heterocycles. The first kappa shape index (κ1) is 25.1. The van der Waals surface area contributed by atoms with Gasteiger partial charge in [-0.1, -0.05) is 78.0 Å². The van der Waals surface area contributed by atoms with Gasteiger partial charge in [-0.25, -0.2) is 0 Å². The predicted molar refractivity (Wildman–Crippen MR) is 126 cm³/mol. The van der Waals surface area contributed by atoms with E-state index in [0.29, 0.717) is 25.3 Å². The molecule has 4 aromatic rings. The summed E-state index contributed by atoms with van der Waals surface area (Å²) < 4.78 is 49.3. The predicted octanol–water partition coefficient (Wildman–Crippen LogP) is 5.54. The van der Waals surface area contributed by atoms with E-state index < -0.39 is 11.7 Å². The number of carbonyl (C=O) groups is 1. The number of hydrogen-bond donors (Lipinski definition) is 0. The summed E-state index contributed by atoms with van der Waals surface area (Å²) in [4.78, 5) is 18.9. The molecule has 186 valence electrons. The first-order chi connectivity index (χ1) is 17.4. The molecular weight excluding hydrogens is 471 g/mol. The molecule has 36 heavy (non-hydrogen) atoms. The van der Waals surface area contributed by atoms with E-state index in [0.717, 1.165) is 23.3 Å². The van der Waals surface area contributed by atoms with Gasteiger partial charge in [-0.2, -0.15) is 18.2 Å². The summed E-state index contributed by atoms with van der Waals surface area (Å²) in [6, 6.07) is 23.7. The number of benzene rings is 3.